The van der Waals surface area contributed by atoms with Gasteiger partial charge < -0.3 is 9.80 Å². The molecule has 0 radical (unpaired) electrons. The zero-order chi connectivity index (χ0) is 12.3. The van der Waals surface area contributed by atoms with Crippen LogP contribution in [0, 0.1) is 5.82 Å². The van der Waals surface area contributed by atoms with Crippen LogP contribution in [0.2, 0.25) is 0 Å². The lowest BCUT2D eigenvalue weighted by Crippen LogP contribution is -2.44. The van der Waals surface area contributed by atoms with Crippen molar-refractivity contribution in [2.24, 2.45) is 5.11 Å². The average Bonchev–Trinajstić information content (AvgIpc) is 2.32. The summed E-state index contributed by atoms with van der Waals surface area (Å²) in [6.45, 7) is 3.24. The van der Waals surface area contributed by atoms with Crippen molar-refractivity contribution in [2.75, 3.05) is 38.1 Å². The lowest BCUT2D eigenvalue weighted by atomic mass is 10.2. The molecule has 1 saturated heterocycles. The van der Waals surface area contributed by atoms with Gasteiger partial charge in [-0.3, -0.25) is 0 Å². The molecule has 1 fully saturated rings. The van der Waals surface area contributed by atoms with Gasteiger partial charge in [-0.25, -0.2) is 4.39 Å². The Morgan fingerprint density at radius 1 is 1.29 bits per heavy atom. The first-order valence-corrected chi connectivity index (χ1v) is 5.49. The van der Waals surface area contributed by atoms with E-state index in [0.29, 0.717) is 11.4 Å². The highest BCUT2D eigenvalue weighted by molar-refractivity contribution is 5.67. The van der Waals surface area contributed by atoms with Crippen molar-refractivity contribution in [3.63, 3.8) is 0 Å². The zero-order valence-electron chi connectivity index (χ0n) is 9.67. The summed E-state index contributed by atoms with van der Waals surface area (Å²) in [5, 5.41) is 3.55. The number of piperazine rings is 1. The number of likely N-dealkylation sites (N-methyl/N-ethyl adjacent to an activating group) is 1. The third-order valence-corrected chi connectivity index (χ3v) is 2.94. The molecule has 1 aromatic rings. The van der Waals surface area contributed by atoms with Gasteiger partial charge in [-0.2, -0.15) is 0 Å². The molecule has 90 valence electrons. The van der Waals surface area contributed by atoms with Crippen LogP contribution in [0.5, 0.6) is 0 Å². The maximum absolute atomic E-state index is 13.8. The van der Waals surface area contributed by atoms with Gasteiger partial charge in [0, 0.05) is 31.1 Å². The van der Waals surface area contributed by atoms with Crippen LogP contribution < -0.4 is 4.90 Å². The number of rotatable bonds is 2. The minimum Gasteiger partial charge on any atom is -0.366 e. The van der Waals surface area contributed by atoms with Crippen molar-refractivity contribution in [2.45, 2.75) is 0 Å². The second-order valence-corrected chi connectivity index (χ2v) is 4.09. The molecule has 0 aliphatic carbocycles. The highest BCUT2D eigenvalue weighted by atomic mass is 19.1. The summed E-state index contributed by atoms with van der Waals surface area (Å²) >= 11 is 0. The standard InChI is InChI=1S/C11H14FN5/c1-16-5-7-17(8-6-16)11-9(12)3-2-4-10(11)14-15-13/h2-4H,5-8H2,1H3. The predicted molar refractivity (Wildman–Crippen MR) is 64.9 cm³/mol. The Labute approximate surface area is 99.1 Å². The van der Waals surface area contributed by atoms with Crippen LogP contribution in [0.15, 0.2) is 23.3 Å². The van der Waals surface area contributed by atoms with E-state index >= 15 is 0 Å². The van der Waals surface area contributed by atoms with Gasteiger partial charge in [0.05, 0.1) is 11.4 Å². The maximum atomic E-state index is 13.8. The fourth-order valence-electron chi connectivity index (χ4n) is 1.98. The molecule has 0 amide bonds. The van der Waals surface area contributed by atoms with Crippen molar-refractivity contribution < 1.29 is 4.39 Å². The number of hydrogen-bond acceptors (Lipinski definition) is 3. The maximum Gasteiger partial charge on any atom is 0.146 e. The molecule has 6 heteroatoms. The van der Waals surface area contributed by atoms with Crippen LogP contribution in [-0.2, 0) is 0 Å². The summed E-state index contributed by atoms with van der Waals surface area (Å²) in [4.78, 5) is 6.85. The predicted octanol–water partition coefficient (Wildman–Crippen LogP) is 2.52. The second kappa shape index (κ2) is 5.03. The SMILES string of the molecule is CN1CCN(c2c(F)cccc2N=[N+]=[N-])CC1. The summed E-state index contributed by atoms with van der Waals surface area (Å²) < 4.78 is 13.8. The smallest absolute Gasteiger partial charge is 0.146 e. The fraction of sp³-hybridized carbons (Fsp3) is 0.455. The molecule has 0 unspecified atom stereocenters. The Morgan fingerprint density at radius 3 is 2.65 bits per heavy atom. The second-order valence-electron chi connectivity index (χ2n) is 4.09. The molecular weight excluding hydrogens is 221 g/mol. The molecule has 1 heterocycles. The van der Waals surface area contributed by atoms with Gasteiger partial charge in [-0.15, -0.1) is 0 Å². The Balaban J connectivity index is 2.33. The third kappa shape index (κ3) is 2.49. The molecule has 0 aromatic heterocycles. The lowest BCUT2D eigenvalue weighted by molar-refractivity contribution is 0.312. The monoisotopic (exact) mass is 235 g/mol. The summed E-state index contributed by atoms with van der Waals surface area (Å²) in [5.74, 6) is -0.334. The quantitative estimate of drug-likeness (QED) is 0.449. The molecular formula is C11H14FN5. The van der Waals surface area contributed by atoms with E-state index in [2.05, 4.69) is 14.9 Å². The van der Waals surface area contributed by atoms with Gasteiger partial charge in [0.2, 0.25) is 0 Å². The van der Waals surface area contributed by atoms with Crippen molar-refractivity contribution in [3.05, 3.63) is 34.5 Å². The van der Waals surface area contributed by atoms with E-state index in [1.165, 1.54) is 6.07 Å². The van der Waals surface area contributed by atoms with Crippen molar-refractivity contribution in [3.8, 4) is 0 Å². The number of hydrogen-bond donors (Lipinski definition) is 0. The van der Waals surface area contributed by atoms with Crippen LogP contribution in [0.4, 0.5) is 15.8 Å². The summed E-state index contributed by atoms with van der Waals surface area (Å²) in [7, 11) is 2.03. The normalized spacial score (nSPS) is 16.7. The van der Waals surface area contributed by atoms with Crippen molar-refractivity contribution in [1.29, 1.82) is 0 Å². The van der Waals surface area contributed by atoms with Crippen LogP contribution in [0.25, 0.3) is 10.4 Å². The van der Waals surface area contributed by atoms with E-state index in [4.69, 9.17) is 5.53 Å². The summed E-state index contributed by atoms with van der Waals surface area (Å²) in [6.07, 6.45) is 0. The topological polar surface area (TPSA) is 55.2 Å². The number of halogens is 1. The molecule has 0 N–H and O–H groups in total. The highest BCUT2D eigenvalue weighted by Crippen LogP contribution is 2.32. The minimum absolute atomic E-state index is 0.334. The van der Waals surface area contributed by atoms with Crippen molar-refractivity contribution >= 4 is 11.4 Å². The first-order chi connectivity index (χ1) is 8.22. The van der Waals surface area contributed by atoms with E-state index in [1.54, 1.807) is 12.1 Å². The number of azide groups is 1. The Kier molecular flexibility index (Phi) is 3.46. The summed E-state index contributed by atoms with van der Waals surface area (Å²) in [5.41, 5.74) is 9.26. The Bertz CT molecular complexity index is 447. The zero-order valence-corrected chi connectivity index (χ0v) is 9.67. The van der Waals surface area contributed by atoms with Crippen LogP contribution in [0.1, 0.15) is 0 Å². The molecule has 17 heavy (non-hydrogen) atoms. The summed E-state index contributed by atoms with van der Waals surface area (Å²) in [6, 6.07) is 4.58. The molecule has 2 rings (SSSR count). The van der Waals surface area contributed by atoms with Gasteiger partial charge in [-0.1, -0.05) is 17.2 Å². The lowest BCUT2D eigenvalue weighted by Gasteiger charge is -2.34. The largest absolute Gasteiger partial charge is 0.366 e. The van der Waals surface area contributed by atoms with E-state index in [0.717, 1.165) is 26.2 Å². The number of para-hydroxylation sites is 1. The van der Waals surface area contributed by atoms with E-state index in [9.17, 15) is 4.39 Å². The van der Waals surface area contributed by atoms with Gasteiger partial charge in [0.1, 0.15) is 5.82 Å². The number of nitrogens with zero attached hydrogens (tertiary/aromatic N) is 5. The molecule has 1 aliphatic rings. The molecule has 5 nitrogen and oxygen atoms in total. The van der Waals surface area contributed by atoms with Crippen LogP contribution >= 0.6 is 0 Å². The van der Waals surface area contributed by atoms with Crippen molar-refractivity contribution in [1.82, 2.24) is 4.90 Å². The minimum atomic E-state index is -0.334. The number of anilines is 1. The third-order valence-electron chi connectivity index (χ3n) is 2.94. The molecule has 0 saturated carbocycles. The fourth-order valence-corrected chi connectivity index (χ4v) is 1.98. The van der Waals surface area contributed by atoms with Gasteiger partial charge in [0.25, 0.3) is 0 Å². The molecule has 0 bridgehead atoms. The molecule has 0 spiro atoms. The molecule has 1 aliphatic heterocycles. The van der Waals surface area contributed by atoms with Gasteiger partial charge in [-0.05, 0) is 18.6 Å². The number of benzene rings is 1. The molecule has 1 aromatic carbocycles. The van der Waals surface area contributed by atoms with E-state index < -0.39 is 0 Å². The van der Waals surface area contributed by atoms with E-state index in [1.807, 2.05) is 11.9 Å². The Morgan fingerprint density at radius 2 is 2.00 bits per heavy atom. The Hall–Kier alpha value is -1.78. The van der Waals surface area contributed by atoms with Gasteiger partial charge in [0.15, 0.2) is 0 Å². The average molecular weight is 235 g/mol. The first-order valence-electron chi connectivity index (χ1n) is 5.49. The van der Waals surface area contributed by atoms with Crippen LogP contribution in [0.3, 0.4) is 0 Å². The highest BCUT2D eigenvalue weighted by Gasteiger charge is 2.19. The van der Waals surface area contributed by atoms with E-state index in [-0.39, 0.29) is 5.82 Å². The molecule has 0 atom stereocenters. The van der Waals surface area contributed by atoms with Crippen LogP contribution in [-0.4, -0.2) is 38.1 Å². The first kappa shape index (κ1) is 11.7. The van der Waals surface area contributed by atoms with Gasteiger partial charge >= 0.3 is 0 Å².